The molecule has 1 aliphatic carbocycles. The van der Waals surface area contributed by atoms with Gasteiger partial charge in [-0.3, -0.25) is 4.79 Å². The highest BCUT2D eigenvalue weighted by molar-refractivity contribution is 5.79. The van der Waals surface area contributed by atoms with E-state index >= 15 is 0 Å². The number of nitrogens with zero attached hydrogens (tertiary/aromatic N) is 1. The average molecular weight is 238 g/mol. The van der Waals surface area contributed by atoms with Crippen molar-refractivity contribution in [1.82, 2.24) is 10.2 Å². The molecule has 2 rings (SSSR count). The Kier molecular flexibility index (Phi) is 4.43. The Bertz CT molecular complexity index is 259. The lowest BCUT2D eigenvalue weighted by atomic mass is 9.97. The van der Waals surface area contributed by atoms with Gasteiger partial charge in [0.05, 0.1) is 0 Å². The molecule has 1 saturated carbocycles. The predicted octanol–water partition coefficient (Wildman–Crippen LogP) is 2.17. The lowest BCUT2D eigenvalue weighted by Crippen LogP contribution is -2.57. The van der Waals surface area contributed by atoms with Crippen LogP contribution in [0.2, 0.25) is 0 Å². The van der Waals surface area contributed by atoms with Crippen molar-refractivity contribution in [3.05, 3.63) is 0 Å². The molecular formula is C14H26N2O. The Morgan fingerprint density at radius 1 is 1.12 bits per heavy atom. The van der Waals surface area contributed by atoms with E-state index in [2.05, 4.69) is 24.1 Å². The summed E-state index contributed by atoms with van der Waals surface area (Å²) in [6, 6.07) is 0.808. The molecule has 1 saturated heterocycles. The molecule has 1 N–H and O–H groups in total. The number of hydrogen-bond donors (Lipinski definition) is 1. The van der Waals surface area contributed by atoms with E-state index in [1.165, 1.54) is 25.7 Å². The summed E-state index contributed by atoms with van der Waals surface area (Å²) in [5.74, 6) is 0.734. The normalized spacial score (nSPS) is 32.2. The highest BCUT2D eigenvalue weighted by Crippen LogP contribution is 2.25. The molecular weight excluding hydrogens is 212 g/mol. The van der Waals surface area contributed by atoms with E-state index in [1.807, 2.05) is 0 Å². The third kappa shape index (κ3) is 3.21. The molecule has 0 bridgehead atoms. The summed E-state index contributed by atoms with van der Waals surface area (Å²) in [5.41, 5.74) is 0. The molecule has 3 nitrogen and oxygen atoms in total. The SMILES string of the molecule is CC1CN(C(=O)C2CCCCCC2)C(C)CN1. The van der Waals surface area contributed by atoms with Gasteiger partial charge in [-0.05, 0) is 26.7 Å². The first-order chi connectivity index (χ1) is 8.18. The van der Waals surface area contributed by atoms with Crippen molar-refractivity contribution in [1.29, 1.82) is 0 Å². The first kappa shape index (κ1) is 12.9. The van der Waals surface area contributed by atoms with Crippen LogP contribution in [0.1, 0.15) is 52.4 Å². The van der Waals surface area contributed by atoms with Crippen molar-refractivity contribution in [2.75, 3.05) is 13.1 Å². The van der Waals surface area contributed by atoms with Gasteiger partial charge in [0, 0.05) is 31.1 Å². The molecule has 0 spiro atoms. The van der Waals surface area contributed by atoms with E-state index < -0.39 is 0 Å². The fourth-order valence-electron chi connectivity index (χ4n) is 3.09. The third-order valence-corrected chi connectivity index (χ3v) is 4.25. The molecule has 17 heavy (non-hydrogen) atoms. The summed E-state index contributed by atoms with van der Waals surface area (Å²) in [4.78, 5) is 14.7. The molecule has 0 aromatic heterocycles. The van der Waals surface area contributed by atoms with Crippen LogP contribution in [0.25, 0.3) is 0 Å². The Balaban J connectivity index is 1.96. The first-order valence-corrected chi connectivity index (χ1v) is 7.22. The smallest absolute Gasteiger partial charge is 0.226 e. The molecule has 2 aliphatic rings. The van der Waals surface area contributed by atoms with Crippen molar-refractivity contribution in [3.63, 3.8) is 0 Å². The van der Waals surface area contributed by atoms with Gasteiger partial charge >= 0.3 is 0 Å². The second kappa shape index (κ2) is 5.85. The Morgan fingerprint density at radius 2 is 1.76 bits per heavy atom. The highest BCUT2D eigenvalue weighted by Gasteiger charge is 2.31. The lowest BCUT2D eigenvalue weighted by Gasteiger charge is -2.39. The zero-order valence-corrected chi connectivity index (χ0v) is 11.2. The van der Waals surface area contributed by atoms with E-state index in [0.717, 1.165) is 25.9 Å². The largest absolute Gasteiger partial charge is 0.337 e. The van der Waals surface area contributed by atoms with E-state index in [0.29, 0.717) is 23.9 Å². The number of rotatable bonds is 1. The molecule has 3 heteroatoms. The summed E-state index contributed by atoms with van der Waals surface area (Å²) in [6.45, 7) is 6.16. The topological polar surface area (TPSA) is 32.3 Å². The maximum atomic E-state index is 12.6. The highest BCUT2D eigenvalue weighted by atomic mass is 16.2. The number of carbonyl (C=O) groups excluding carboxylic acids is 1. The number of piperazine rings is 1. The van der Waals surface area contributed by atoms with Crippen LogP contribution in [0.15, 0.2) is 0 Å². The Hall–Kier alpha value is -0.570. The second-order valence-electron chi connectivity index (χ2n) is 5.84. The van der Waals surface area contributed by atoms with Gasteiger partial charge in [-0.1, -0.05) is 25.7 Å². The van der Waals surface area contributed by atoms with E-state index in [-0.39, 0.29) is 0 Å². The zero-order chi connectivity index (χ0) is 12.3. The number of hydrogen-bond acceptors (Lipinski definition) is 2. The summed E-state index contributed by atoms with van der Waals surface area (Å²) in [6.07, 6.45) is 7.35. The maximum Gasteiger partial charge on any atom is 0.226 e. The van der Waals surface area contributed by atoms with E-state index in [1.54, 1.807) is 0 Å². The van der Waals surface area contributed by atoms with Crippen LogP contribution in [-0.4, -0.2) is 36.0 Å². The van der Waals surface area contributed by atoms with Crippen molar-refractivity contribution >= 4 is 5.91 Å². The molecule has 2 unspecified atom stereocenters. The summed E-state index contributed by atoms with van der Waals surface area (Å²) < 4.78 is 0. The van der Waals surface area contributed by atoms with Crippen molar-refractivity contribution < 1.29 is 4.79 Å². The molecule has 2 fully saturated rings. The molecule has 2 atom stereocenters. The minimum Gasteiger partial charge on any atom is -0.337 e. The first-order valence-electron chi connectivity index (χ1n) is 7.22. The van der Waals surface area contributed by atoms with Gasteiger partial charge in [0.25, 0.3) is 0 Å². The van der Waals surface area contributed by atoms with Crippen LogP contribution in [0.4, 0.5) is 0 Å². The summed E-state index contributed by atoms with van der Waals surface area (Å²) in [5, 5.41) is 3.44. The lowest BCUT2D eigenvalue weighted by molar-refractivity contribution is -0.139. The standard InChI is InChI=1S/C14H26N2O/c1-11-10-16(12(2)9-15-11)14(17)13-7-5-3-4-6-8-13/h11-13,15H,3-10H2,1-2H3. The van der Waals surface area contributed by atoms with Crippen LogP contribution in [0, 0.1) is 5.92 Å². The van der Waals surface area contributed by atoms with Gasteiger partial charge < -0.3 is 10.2 Å². The van der Waals surface area contributed by atoms with Crippen molar-refractivity contribution in [3.8, 4) is 0 Å². The van der Waals surface area contributed by atoms with Gasteiger partial charge in [-0.2, -0.15) is 0 Å². The zero-order valence-electron chi connectivity index (χ0n) is 11.2. The van der Waals surface area contributed by atoms with Gasteiger partial charge in [0.2, 0.25) is 5.91 Å². The maximum absolute atomic E-state index is 12.6. The quantitative estimate of drug-likeness (QED) is 0.710. The average Bonchev–Trinajstić information content (AvgIpc) is 2.60. The van der Waals surface area contributed by atoms with Crippen LogP contribution in [0.3, 0.4) is 0 Å². The fraction of sp³-hybridized carbons (Fsp3) is 0.929. The van der Waals surface area contributed by atoms with Crippen molar-refractivity contribution in [2.45, 2.75) is 64.5 Å². The van der Waals surface area contributed by atoms with Gasteiger partial charge in [-0.15, -0.1) is 0 Å². The molecule has 1 heterocycles. The molecule has 1 aliphatic heterocycles. The number of amides is 1. The third-order valence-electron chi connectivity index (χ3n) is 4.25. The molecule has 0 radical (unpaired) electrons. The van der Waals surface area contributed by atoms with Crippen molar-refractivity contribution in [2.24, 2.45) is 5.92 Å². The fourth-order valence-corrected chi connectivity index (χ4v) is 3.09. The second-order valence-corrected chi connectivity index (χ2v) is 5.84. The minimum atomic E-state index is 0.310. The van der Waals surface area contributed by atoms with Gasteiger partial charge in [0.15, 0.2) is 0 Å². The molecule has 98 valence electrons. The van der Waals surface area contributed by atoms with Gasteiger partial charge in [0.1, 0.15) is 0 Å². The summed E-state index contributed by atoms with van der Waals surface area (Å²) in [7, 11) is 0. The van der Waals surface area contributed by atoms with Gasteiger partial charge in [-0.25, -0.2) is 0 Å². The molecule has 0 aromatic rings. The number of nitrogens with one attached hydrogen (secondary N) is 1. The van der Waals surface area contributed by atoms with Crippen LogP contribution >= 0.6 is 0 Å². The number of carbonyl (C=O) groups is 1. The van der Waals surface area contributed by atoms with Crippen LogP contribution < -0.4 is 5.32 Å². The summed E-state index contributed by atoms with van der Waals surface area (Å²) >= 11 is 0. The molecule has 0 aromatic carbocycles. The van der Waals surface area contributed by atoms with Crippen LogP contribution in [0.5, 0.6) is 0 Å². The van der Waals surface area contributed by atoms with E-state index in [9.17, 15) is 4.79 Å². The van der Waals surface area contributed by atoms with Crippen LogP contribution in [-0.2, 0) is 4.79 Å². The molecule has 1 amide bonds. The Labute approximate surface area is 105 Å². The Morgan fingerprint density at radius 3 is 2.41 bits per heavy atom. The minimum absolute atomic E-state index is 0.310. The van der Waals surface area contributed by atoms with E-state index in [4.69, 9.17) is 0 Å². The predicted molar refractivity (Wildman–Crippen MR) is 69.8 cm³/mol. The monoisotopic (exact) mass is 238 g/mol.